The van der Waals surface area contributed by atoms with E-state index in [1.807, 2.05) is 30.3 Å². The van der Waals surface area contributed by atoms with Crippen LogP contribution >= 0.6 is 0 Å². The van der Waals surface area contributed by atoms with Crippen LogP contribution in [0.1, 0.15) is 29.3 Å². The van der Waals surface area contributed by atoms with Crippen LogP contribution < -0.4 is 5.69 Å². The highest BCUT2D eigenvalue weighted by Gasteiger charge is 2.35. The molecule has 1 amide bonds. The molecule has 1 unspecified atom stereocenters. The number of benzene rings is 2. The van der Waals surface area contributed by atoms with Gasteiger partial charge in [0.05, 0.1) is 11.0 Å². The lowest BCUT2D eigenvalue weighted by Gasteiger charge is -2.22. The summed E-state index contributed by atoms with van der Waals surface area (Å²) in [5.41, 5.74) is 4.21. The van der Waals surface area contributed by atoms with Crippen molar-refractivity contribution in [2.24, 2.45) is 0 Å². The number of aromatic nitrogens is 2. The van der Waals surface area contributed by atoms with E-state index in [9.17, 15) is 19.5 Å². The molecule has 3 N–H and O–H groups in total. The fourth-order valence-corrected chi connectivity index (χ4v) is 3.50. The smallest absolute Gasteiger partial charge is 0.326 e. The Morgan fingerprint density at radius 2 is 1.81 bits per heavy atom. The molecule has 0 bridgehead atoms. The molecule has 26 heavy (non-hydrogen) atoms. The van der Waals surface area contributed by atoms with Gasteiger partial charge in [-0.25, -0.2) is 9.59 Å². The largest absolute Gasteiger partial charge is 0.480 e. The summed E-state index contributed by atoms with van der Waals surface area (Å²) < 4.78 is 0. The normalized spacial score (nSPS) is 14.7. The molecular weight excluding hydrogens is 334 g/mol. The molecule has 132 valence electrons. The van der Waals surface area contributed by atoms with E-state index in [0.29, 0.717) is 24.0 Å². The lowest BCUT2D eigenvalue weighted by atomic mass is 10.00. The Labute approximate surface area is 148 Å². The predicted molar refractivity (Wildman–Crippen MR) is 95.9 cm³/mol. The van der Waals surface area contributed by atoms with Crippen LogP contribution in [0.4, 0.5) is 0 Å². The van der Waals surface area contributed by atoms with Crippen LogP contribution in [0.5, 0.6) is 0 Å². The van der Waals surface area contributed by atoms with Crippen molar-refractivity contribution in [3.05, 3.63) is 58.0 Å². The molecule has 1 aliphatic rings. The minimum atomic E-state index is -0.990. The highest BCUT2D eigenvalue weighted by molar-refractivity contribution is 6.01. The van der Waals surface area contributed by atoms with Gasteiger partial charge in [0.1, 0.15) is 6.04 Å². The molecule has 3 aromatic rings. The van der Waals surface area contributed by atoms with Crippen molar-refractivity contribution in [1.29, 1.82) is 0 Å². The van der Waals surface area contributed by atoms with Gasteiger partial charge >= 0.3 is 11.7 Å². The van der Waals surface area contributed by atoms with E-state index in [1.54, 1.807) is 13.0 Å². The van der Waals surface area contributed by atoms with E-state index >= 15 is 0 Å². The first-order valence-electron chi connectivity index (χ1n) is 8.37. The average molecular weight is 351 g/mol. The molecule has 1 aromatic heterocycles. The number of nitrogens with one attached hydrogen (secondary N) is 2. The average Bonchev–Trinajstić information content (AvgIpc) is 3.14. The monoisotopic (exact) mass is 351 g/mol. The number of carbonyl (C=O) groups excluding carboxylic acids is 1. The third-order valence-corrected chi connectivity index (χ3v) is 4.84. The number of imidazole rings is 1. The van der Waals surface area contributed by atoms with E-state index in [2.05, 4.69) is 9.97 Å². The number of nitrogens with zero attached hydrogens (tertiary/aromatic N) is 1. The first-order chi connectivity index (χ1) is 12.5. The van der Waals surface area contributed by atoms with Gasteiger partial charge in [0.2, 0.25) is 0 Å². The molecule has 2 aromatic carbocycles. The highest BCUT2D eigenvalue weighted by atomic mass is 16.4. The lowest BCUT2D eigenvalue weighted by Crippen LogP contribution is -2.40. The first-order valence-corrected chi connectivity index (χ1v) is 8.37. The number of aromatic amines is 2. The summed E-state index contributed by atoms with van der Waals surface area (Å²) in [6.07, 6.45) is 0.361. The molecule has 7 nitrogen and oxygen atoms in total. The Bertz CT molecular complexity index is 1100. The number of H-pyrrole nitrogens is 2. The van der Waals surface area contributed by atoms with Crippen LogP contribution in [0.25, 0.3) is 22.2 Å². The van der Waals surface area contributed by atoms with Gasteiger partial charge in [-0.15, -0.1) is 0 Å². The van der Waals surface area contributed by atoms with Gasteiger partial charge < -0.3 is 20.0 Å². The third kappa shape index (κ3) is 2.48. The lowest BCUT2D eigenvalue weighted by molar-refractivity contribution is -0.142. The zero-order chi connectivity index (χ0) is 18.4. The number of carbonyl (C=O) groups is 2. The number of hydrogen-bond acceptors (Lipinski definition) is 3. The van der Waals surface area contributed by atoms with Crippen molar-refractivity contribution >= 4 is 22.9 Å². The van der Waals surface area contributed by atoms with Gasteiger partial charge in [0, 0.05) is 12.1 Å². The minimum absolute atomic E-state index is 0.257. The number of carboxylic acid groups (broad SMARTS) is 1. The standard InChI is InChI=1S/C19H17N3O4/c1-2-16(18(24)25)22-9-12-4-3-10(7-13(12)17(22)23)11-5-6-14-15(8-11)21-19(26)20-14/h3-8,16H,2,9H2,1H3,(H,24,25)(H2,20,21,26). The number of rotatable bonds is 4. The molecule has 0 radical (unpaired) electrons. The van der Waals surface area contributed by atoms with Crippen LogP contribution in [-0.2, 0) is 11.3 Å². The molecule has 0 spiro atoms. The van der Waals surface area contributed by atoms with Crippen LogP contribution in [0.3, 0.4) is 0 Å². The Kier molecular flexibility index (Phi) is 3.64. The summed E-state index contributed by atoms with van der Waals surface area (Å²) in [6.45, 7) is 2.07. The summed E-state index contributed by atoms with van der Waals surface area (Å²) in [5.74, 6) is -1.25. The Balaban J connectivity index is 1.72. The SMILES string of the molecule is CCC(C(=O)O)N1Cc2ccc(-c3ccc4[nH]c(=O)[nH]c4c3)cc2C1=O. The zero-order valence-corrected chi connectivity index (χ0v) is 14.1. The summed E-state index contributed by atoms with van der Waals surface area (Å²) in [4.78, 5) is 42.3. The van der Waals surface area contributed by atoms with E-state index in [0.717, 1.165) is 22.2 Å². The Morgan fingerprint density at radius 1 is 1.12 bits per heavy atom. The third-order valence-electron chi connectivity index (χ3n) is 4.84. The zero-order valence-electron chi connectivity index (χ0n) is 14.1. The predicted octanol–water partition coefficient (Wildman–Crippen LogP) is 2.34. The fourth-order valence-electron chi connectivity index (χ4n) is 3.50. The van der Waals surface area contributed by atoms with E-state index < -0.39 is 12.0 Å². The second-order valence-electron chi connectivity index (χ2n) is 6.41. The van der Waals surface area contributed by atoms with E-state index in [1.165, 1.54) is 4.90 Å². The van der Waals surface area contributed by atoms with Crippen LogP contribution in [0, 0.1) is 0 Å². The topological polar surface area (TPSA) is 106 Å². The van der Waals surface area contributed by atoms with E-state index in [-0.39, 0.29) is 11.6 Å². The summed E-state index contributed by atoms with van der Waals surface area (Å²) in [5, 5.41) is 9.34. The van der Waals surface area contributed by atoms with Crippen LogP contribution in [0.15, 0.2) is 41.2 Å². The van der Waals surface area contributed by atoms with Gasteiger partial charge in [-0.1, -0.05) is 25.1 Å². The van der Waals surface area contributed by atoms with Crippen molar-refractivity contribution in [2.75, 3.05) is 0 Å². The number of hydrogen-bond donors (Lipinski definition) is 3. The van der Waals surface area contributed by atoms with Gasteiger partial charge in [0.25, 0.3) is 5.91 Å². The molecule has 0 fully saturated rings. The second-order valence-corrected chi connectivity index (χ2v) is 6.41. The number of amides is 1. The molecule has 4 rings (SSSR count). The number of carboxylic acids is 1. The van der Waals surface area contributed by atoms with Crippen molar-refractivity contribution in [3.63, 3.8) is 0 Å². The van der Waals surface area contributed by atoms with Gasteiger partial charge in [0.15, 0.2) is 0 Å². The maximum Gasteiger partial charge on any atom is 0.326 e. The number of aliphatic carboxylic acids is 1. The molecule has 0 aliphatic carbocycles. The Morgan fingerprint density at radius 3 is 2.54 bits per heavy atom. The maximum absolute atomic E-state index is 12.7. The molecule has 1 atom stereocenters. The molecule has 0 saturated carbocycles. The molecular formula is C19H17N3O4. The van der Waals surface area contributed by atoms with Crippen molar-refractivity contribution in [2.45, 2.75) is 25.9 Å². The molecule has 2 heterocycles. The summed E-state index contributed by atoms with van der Waals surface area (Å²) in [6, 6.07) is 10.3. The quantitative estimate of drug-likeness (QED) is 0.671. The fraction of sp³-hybridized carbons (Fsp3) is 0.211. The van der Waals surface area contributed by atoms with Gasteiger partial charge in [-0.3, -0.25) is 4.79 Å². The van der Waals surface area contributed by atoms with Crippen molar-refractivity contribution in [1.82, 2.24) is 14.9 Å². The second kappa shape index (κ2) is 5.87. The Hall–Kier alpha value is -3.35. The van der Waals surface area contributed by atoms with Gasteiger partial charge in [-0.2, -0.15) is 0 Å². The number of fused-ring (bicyclic) bond motifs is 2. The van der Waals surface area contributed by atoms with Crippen molar-refractivity contribution in [3.8, 4) is 11.1 Å². The molecule has 1 aliphatic heterocycles. The van der Waals surface area contributed by atoms with Crippen molar-refractivity contribution < 1.29 is 14.7 Å². The first kappa shape index (κ1) is 16.1. The summed E-state index contributed by atoms with van der Waals surface area (Å²) >= 11 is 0. The van der Waals surface area contributed by atoms with Crippen LogP contribution in [-0.4, -0.2) is 37.9 Å². The van der Waals surface area contributed by atoms with E-state index in [4.69, 9.17) is 0 Å². The minimum Gasteiger partial charge on any atom is -0.480 e. The van der Waals surface area contributed by atoms with Gasteiger partial charge in [-0.05, 0) is 41.3 Å². The molecule has 7 heteroatoms. The highest BCUT2D eigenvalue weighted by Crippen LogP contribution is 2.31. The maximum atomic E-state index is 12.7. The molecule has 0 saturated heterocycles. The van der Waals surface area contributed by atoms with Crippen LogP contribution in [0.2, 0.25) is 0 Å². The summed E-state index contributed by atoms with van der Waals surface area (Å²) in [7, 11) is 0.